The smallest absolute Gasteiger partial charge is 0.220 e. The summed E-state index contributed by atoms with van der Waals surface area (Å²) < 4.78 is 10.7. The van der Waals surface area contributed by atoms with Gasteiger partial charge >= 0.3 is 0 Å². The molecule has 128 valence electrons. The monoisotopic (exact) mass is 329 g/mol. The van der Waals surface area contributed by atoms with Crippen LogP contribution in [0.2, 0.25) is 0 Å². The fourth-order valence-electron chi connectivity index (χ4n) is 3.29. The molecule has 1 atom stereocenters. The van der Waals surface area contributed by atoms with Crippen LogP contribution in [-0.2, 0) is 11.3 Å². The Morgan fingerprint density at radius 3 is 2.83 bits per heavy atom. The maximum atomic E-state index is 12.1. The number of amides is 1. The predicted octanol–water partition coefficient (Wildman–Crippen LogP) is 2.40. The Morgan fingerprint density at radius 1 is 1.38 bits per heavy atom. The molecule has 2 aromatic rings. The van der Waals surface area contributed by atoms with E-state index in [1.54, 1.807) is 14.0 Å². The number of rotatable bonds is 4. The molecule has 1 fully saturated rings. The highest BCUT2D eigenvalue weighted by Gasteiger charge is 2.31. The van der Waals surface area contributed by atoms with Crippen molar-refractivity contribution in [1.29, 1.82) is 0 Å². The fraction of sp³-hybridized carbons (Fsp3) is 0.444. The van der Waals surface area contributed by atoms with Crippen molar-refractivity contribution in [2.45, 2.75) is 26.4 Å². The van der Waals surface area contributed by atoms with Crippen LogP contribution in [0.3, 0.4) is 0 Å². The minimum atomic E-state index is -0.0274. The third-order valence-corrected chi connectivity index (χ3v) is 4.43. The molecule has 6 heteroatoms. The van der Waals surface area contributed by atoms with Crippen molar-refractivity contribution >= 4 is 5.91 Å². The normalized spacial score (nSPS) is 18.6. The summed E-state index contributed by atoms with van der Waals surface area (Å²) in [5.74, 6) is 1.71. The summed E-state index contributed by atoms with van der Waals surface area (Å²) in [4.78, 5) is 16.3. The number of ether oxygens (including phenoxy) is 1. The summed E-state index contributed by atoms with van der Waals surface area (Å²) >= 11 is 0. The highest BCUT2D eigenvalue weighted by molar-refractivity contribution is 5.74. The Hall–Kier alpha value is -2.34. The number of aromatic nitrogens is 1. The summed E-state index contributed by atoms with van der Waals surface area (Å²) in [7, 11) is 1.66. The Kier molecular flexibility index (Phi) is 4.85. The first-order valence-electron chi connectivity index (χ1n) is 8.13. The maximum Gasteiger partial charge on any atom is 0.220 e. The standard InChI is InChI=1S/C18H23N3O3/c1-13-10-15(19-24-13)11-20-8-9-21(14(2)22)17(12-20)16-6-4-5-7-18(16)23-3/h4-7,10,17H,8-9,11-12H2,1-3H3/t17-/m0/s1. The van der Waals surface area contributed by atoms with Gasteiger partial charge in [0.1, 0.15) is 11.5 Å². The lowest BCUT2D eigenvalue weighted by molar-refractivity contribution is -0.134. The zero-order valence-electron chi connectivity index (χ0n) is 14.4. The van der Waals surface area contributed by atoms with Crippen molar-refractivity contribution in [3.63, 3.8) is 0 Å². The average Bonchev–Trinajstić information content (AvgIpc) is 2.99. The van der Waals surface area contributed by atoms with Crippen molar-refractivity contribution in [1.82, 2.24) is 15.0 Å². The van der Waals surface area contributed by atoms with Crippen molar-refractivity contribution < 1.29 is 14.1 Å². The molecule has 24 heavy (non-hydrogen) atoms. The minimum Gasteiger partial charge on any atom is -0.496 e. The van der Waals surface area contributed by atoms with Crippen LogP contribution in [0, 0.1) is 6.92 Å². The summed E-state index contributed by atoms with van der Waals surface area (Å²) in [5.41, 5.74) is 1.96. The number of carbonyl (C=O) groups excluding carboxylic acids is 1. The second kappa shape index (κ2) is 7.05. The maximum absolute atomic E-state index is 12.1. The first-order chi connectivity index (χ1) is 11.6. The third-order valence-electron chi connectivity index (χ3n) is 4.43. The van der Waals surface area contributed by atoms with Gasteiger partial charge in [0, 0.05) is 44.7 Å². The molecule has 3 rings (SSSR count). The van der Waals surface area contributed by atoms with Gasteiger partial charge in [-0.25, -0.2) is 0 Å². The van der Waals surface area contributed by atoms with Crippen LogP contribution in [0.15, 0.2) is 34.9 Å². The fourth-order valence-corrected chi connectivity index (χ4v) is 3.29. The van der Waals surface area contributed by atoms with Crippen LogP contribution >= 0.6 is 0 Å². The molecule has 0 N–H and O–H groups in total. The van der Waals surface area contributed by atoms with Crippen LogP contribution in [0.1, 0.15) is 30.0 Å². The Labute approximate surface area is 142 Å². The Bertz CT molecular complexity index is 713. The number of hydrogen-bond acceptors (Lipinski definition) is 5. The lowest BCUT2D eigenvalue weighted by Gasteiger charge is -2.41. The Morgan fingerprint density at radius 2 is 2.17 bits per heavy atom. The molecule has 0 unspecified atom stereocenters. The largest absolute Gasteiger partial charge is 0.496 e. The van der Waals surface area contributed by atoms with E-state index in [1.807, 2.05) is 42.2 Å². The zero-order chi connectivity index (χ0) is 17.1. The van der Waals surface area contributed by atoms with Crippen LogP contribution in [0.25, 0.3) is 0 Å². The number of piperazine rings is 1. The van der Waals surface area contributed by atoms with E-state index in [9.17, 15) is 4.79 Å². The van der Waals surface area contributed by atoms with Crippen molar-refractivity contribution in [3.05, 3.63) is 47.3 Å². The molecule has 1 amide bonds. The van der Waals surface area contributed by atoms with Crippen molar-refractivity contribution in [2.24, 2.45) is 0 Å². The van der Waals surface area contributed by atoms with Crippen LogP contribution in [-0.4, -0.2) is 47.6 Å². The van der Waals surface area contributed by atoms with E-state index >= 15 is 0 Å². The van der Waals surface area contributed by atoms with Gasteiger partial charge in [0.15, 0.2) is 0 Å². The molecule has 1 aliphatic heterocycles. The Balaban J connectivity index is 1.83. The van der Waals surface area contributed by atoms with Crippen molar-refractivity contribution in [2.75, 3.05) is 26.7 Å². The molecule has 6 nitrogen and oxygen atoms in total. The molecule has 0 bridgehead atoms. The van der Waals surface area contributed by atoms with Gasteiger partial charge in [0.2, 0.25) is 5.91 Å². The van der Waals surface area contributed by atoms with Gasteiger partial charge in [0.05, 0.1) is 18.8 Å². The molecule has 2 heterocycles. The molecule has 1 aromatic carbocycles. The predicted molar refractivity (Wildman–Crippen MR) is 89.6 cm³/mol. The second-order valence-corrected chi connectivity index (χ2v) is 6.13. The SMILES string of the molecule is COc1ccccc1[C@@H]1CN(Cc2cc(C)on2)CCN1C(C)=O. The van der Waals surface area contributed by atoms with Crippen LogP contribution in [0.4, 0.5) is 0 Å². The van der Waals surface area contributed by atoms with E-state index < -0.39 is 0 Å². The molecule has 1 aromatic heterocycles. The van der Waals surface area contributed by atoms with E-state index in [0.29, 0.717) is 13.1 Å². The number of benzene rings is 1. The first-order valence-corrected chi connectivity index (χ1v) is 8.13. The van der Waals surface area contributed by atoms with Gasteiger partial charge in [-0.2, -0.15) is 0 Å². The number of aryl methyl sites for hydroxylation is 1. The number of hydrogen-bond donors (Lipinski definition) is 0. The molecule has 1 aliphatic rings. The van der Waals surface area contributed by atoms with E-state index in [-0.39, 0.29) is 11.9 Å². The number of para-hydroxylation sites is 1. The quantitative estimate of drug-likeness (QED) is 0.862. The van der Waals surface area contributed by atoms with Gasteiger partial charge in [-0.15, -0.1) is 0 Å². The van der Waals surface area contributed by atoms with Gasteiger partial charge in [-0.1, -0.05) is 23.4 Å². The topological polar surface area (TPSA) is 58.8 Å². The molecule has 0 spiro atoms. The van der Waals surface area contributed by atoms with Gasteiger partial charge < -0.3 is 14.2 Å². The van der Waals surface area contributed by atoms with Crippen LogP contribution in [0.5, 0.6) is 5.75 Å². The summed E-state index contributed by atoms with van der Waals surface area (Å²) in [6, 6.07) is 9.82. The summed E-state index contributed by atoms with van der Waals surface area (Å²) in [6.45, 7) is 6.48. The van der Waals surface area contributed by atoms with Crippen LogP contribution < -0.4 is 4.74 Å². The highest BCUT2D eigenvalue weighted by Crippen LogP contribution is 2.32. The summed E-state index contributed by atoms with van der Waals surface area (Å²) in [6.07, 6.45) is 0. The van der Waals surface area contributed by atoms with E-state index in [0.717, 1.165) is 35.9 Å². The van der Waals surface area contributed by atoms with Gasteiger partial charge in [-0.05, 0) is 13.0 Å². The zero-order valence-corrected chi connectivity index (χ0v) is 14.4. The minimum absolute atomic E-state index is 0.0274. The molecule has 1 saturated heterocycles. The number of carbonyl (C=O) groups is 1. The van der Waals surface area contributed by atoms with E-state index in [4.69, 9.17) is 9.26 Å². The molecule has 0 aliphatic carbocycles. The van der Waals surface area contributed by atoms with Gasteiger partial charge in [0.25, 0.3) is 0 Å². The average molecular weight is 329 g/mol. The third kappa shape index (κ3) is 3.43. The second-order valence-electron chi connectivity index (χ2n) is 6.13. The summed E-state index contributed by atoms with van der Waals surface area (Å²) in [5, 5.41) is 4.07. The van der Waals surface area contributed by atoms with E-state index in [2.05, 4.69) is 10.1 Å². The van der Waals surface area contributed by atoms with Gasteiger partial charge in [-0.3, -0.25) is 9.69 Å². The number of methoxy groups -OCH3 is 1. The lowest BCUT2D eigenvalue weighted by Crippen LogP contribution is -2.49. The van der Waals surface area contributed by atoms with E-state index in [1.165, 1.54) is 0 Å². The molecular formula is C18H23N3O3. The molecular weight excluding hydrogens is 306 g/mol. The lowest BCUT2D eigenvalue weighted by atomic mass is 10.0. The molecule has 0 radical (unpaired) electrons. The first kappa shape index (κ1) is 16.5. The van der Waals surface area contributed by atoms with Crippen molar-refractivity contribution in [3.8, 4) is 5.75 Å². The highest BCUT2D eigenvalue weighted by atomic mass is 16.5. The molecule has 0 saturated carbocycles. The number of nitrogens with zero attached hydrogens (tertiary/aromatic N) is 3.